The molecule has 2 heterocycles. The maximum absolute atomic E-state index is 12.3. The van der Waals surface area contributed by atoms with E-state index >= 15 is 0 Å². The van der Waals surface area contributed by atoms with Crippen molar-refractivity contribution in [2.75, 3.05) is 26.2 Å². The molecule has 1 aromatic carbocycles. The summed E-state index contributed by atoms with van der Waals surface area (Å²) in [6, 6.07) is 9.56. The summed E-state index contributed by atoms with van der Waals surface area (Å²) in [5.74, 6) is 0.951. The van der Waals surface area contributed by atoms with E-state index < -0.39 is 0 Å². The van der Waals surface area contributed by atoms with Gasteiger partial charge in [0, 0.05) is 19.6 Å². The van der Waals surface area contributed by atoms with Crippen molar-refractivity contribution in [2.24, 2.45) is 5.92 Å². The fourth-order valence-electron chi connectivity index (χ4n) is 3.42. The Morgan fingerprint density at radius 1 is 1.14 bits per heavy atom. The summed E-state index contributed by atoms with van der Waals surface area (Å²) < 4.78 is 10.6. The van der Waals surface area contributed by atoms with Crippen molar-refractivity contribution in [3.05, 3.63) is 54.0 Å². The van der Waals surface area contributed by atoms with Crippen LogP contribution in [-0.4, -0.2) is 43.0 Å². The third-order valence-corrected chi connectivity index (χ3v) is 5.35. The summed E-state index contributed by atoms with van der Waals surface area (Å²) in [6.45, 7) is 8.49. The number of hydrogen-bond acceptors (Lipinski definition) is 4. The first-order valence-corrected chi connectivity index (χ1v) is 10.1. The Kier molecular flexibility index (Phi) is 6.62. The highest BCUT2D eigenvalue weighted by Gasteiger charge is 2.24. The first kappa shape index (κ1) is 21.0. The molecule has 2 amide bonds. The average Bonchev–Trinajstić information content (AvgIpc) is 3.25. The van der Waals surface area contributed by atoms with Gasteiger partial charge in [-0.15, -0.1) is 0 Å². The van der Waals surface area contributed by atoms with Crippen LogP contribution in [0.25, 0.3) is 0 Å². The van der Waals surface area contributed by atoms with Crippen LogP contribution in [0.2, 0.25) is 0 Å². The van der Waals surface area contributed by atoms with Crippen molar-refractivity contribution in [3.8, 4) is 5.75 Å². The van der Waals surface area contributed by atoms with E-state index in [9.17, 15) is 9.59 Å². The van der Waals surface area contributed by atoms with Gasteiger partial charge in [0.2, 0.25) is 0 Å². The lowest BCUT2D eigenvalue weighted by atomic mass is 9.87. The lowest BCUT2D eigenvalue weighted by Crippen LogP contribution is -2.42. The number of furan rings is 1. The van der Waals surface area contributed by atoms with Crippen molar-refractivity contribution in [1.82, 2.24) is 10.2 Å². The molecule has 0 spiro atoms. The number of carbonyl (C=O) groups is 2. The lowest BCUT2D eigenvalue weighted by molar-refractivity contribution is -0.123. The Labute approximate surface area is 172 Å². The zero-order valence-electron chi connectivity index (χ0n) is 17.4. The molecular formula is C23H30N2O4. The van der Waals surface area contributed by atoms with Gasteiger partial charge in [-0.3, -0.25) is 9.59 Å². The molecule has 0 bridgehead atoms. The van der Waals surface area contributed by atoms with Gasteiger partial charge in [0.15, 0.2) is 6.61 Å². The predicted octanol–water partition coefficient (Wildman–Crippen LogP) is 3.62. The van der Waals surface area contributed by atoms with E-state index in [2.05, 4.69) is 26.1 Å². The topological polar surface area (TPSA) is 71.8 Å². The van der Waals surface area contributed by atoms with Crippen molar-refractivity contribution in [3.63, 3.8) is 0 Å². The molecule has 6 nitrogen and oxygen atoms in total. The SMILES string of the molecule is CC(C)(C)c1ccc(OCC(=O)NCC2CCN(C(=O)c3ccoc3)CC2)cc1. The van der Waals surface area contributed by atoms with E-state index in [0.29, 0.717) is 36.9 Å². The Balaban J connectivity index is 1.35. The first-order chi connectivity index (χ1) is 13.8. The molecule has 0 saturated carbocycles. The van der Waals surface area contributed by atoms with Gasteiger partial charge in [0.1, 0.15) is 12.0 Å². The molecule has 29 heavy (non-hydrogen) atoms. The number of hydrogen-bond donors (Lipinski definition) is 1. The molecule has 3 rings (SSSR count). The summed E-state index contributed by atoms with van der Waals surface area (Å²) in [5.41, 5.74) is 1.91. The summed E-state index contributed by atoms with van der Waals surface area (Å²) in [6.07, 6.45) is 4.74. The highest BCUT2D eigenvalue weighted by Crippen LogP contribution is 2.24. The normalized spacial score (nSPS) is 15.2. The monoisotopic (exact) mass is 398 g/mol. The summed E-state index contributed by atoms with van der Waals surface area (Å²) >= 11 is 0. The summed E-state index contributed by atoms with van der Waals surface area (Å²) in [5, 5.41) is 2.95. The standard InChI is InChI=1S/C23H30N2O4/c1-23(2,3)19-4-6-20(7-5-19)29-16-21(26)24-14-17-8-11-25(12-9-17)22(27)18-10-13-28-15-18/h4-7,10,13,15,17H,8-9,11-12,14,16H2,1-3H3,(H,24,26). The number of rotatable bonds is 6. The van der Waals surface area contributed by atoms with E-state index in [1.165, 1.54) is 18.1 Å². The van der Waals surface area contributed by atoms with Crippen LogP contribution < -0.4 is 10.1 Å². The van der Waals surface area contributed by atoms with Crippen molar-refractivity contribution in [2.45, 2.75) is 39.0 Å². The van der Waals surface area contributed by atoms with Crippen LogP contribution in [0.15, 0.2) is 47.3 Å². The molecule has 2 aromatic rings. The molecular weight excluding hydrogens is 368 g/mol. The third-order valence-electron chi connectivity index (χ3n) is 5.35. The van der Waals surface area contributed by atoms with Gasteiger partial charge >= 0.3 is 0 Å². The number of benzene rings is 1. The second-order valence-electron chi connectivity index (χ2n) is 8.61. The largest absolute Gasteiger partial charge is 0.484 e. The smallest absolute Gasteiger partial charge is 0.257 e. The lowest BCUT2D eigenvalue weighted by Gasteiger charge is -2.31. The molecule has 6 heteroatoms. The van der Waals surface area contributed by atoms with E-state index in [1.807, 2.05) is 29.2 Å². The molecule has 1 N–H and O–H groups in total. The van der Waals surface area contributed by atoms with Gasteiger partial charge in [-0.2, -0.15) is 0 Å². The zero-order chi connectivity index (χ0) is 20.9. The highest BCUT2D eigenvalue weighted by atomic mass is 16.5. The van der Waals surface area contributed by atoms with Gasteiger partial charge in [0.25, 0.3) is 11.8 Å². The van der Waals surface area contributed by atoms with Crippen LogP contribution in [0.3, 0.4) is 0 Å². The second kappa shape index (κ2) is 9.16. The number of nitrogens with one attached hydrogen (secondary N) is 1. The van der Waals surface area contributed by atoms with Gasteiger partial charge < -0.3 is 19.4 Å². The Hall–Kier alpha value is -2.76. The molecule has 0 aliphatic carbocycles. The Bertz CT molecular complexity index is 798. The summed E-state index contributed by atoms with van der Waals surface area (Å²) in [7, 11) is 0. The van der Waals surface area contributed by atoms with Crippen LogP contribution in [0, 0.1) is 5.92 Å². The molecule has 1 fully saturated rings. The van der Waals surface area contributed by atoms with Crippen molar-refractivity contribution < 1.29 is 18.7 Å². The van der Waals surface area contributed by atoms with Gasteiger partial charge in [-0.25, -0.2) is 0 Å². The quantitative estimate of drug-likeness (QED) is 0.807. The predicted molar refractivity (Wildman–Crippen MR) is 111 cm³/mol. The Morgan fingerprint density at radius 3 is 2.41 bits per heavy atom. The van der Waals surface area contributed by atoms with Crippen LogP contribution in [0.4, 0.5) is 0 Å². The fraction of sp³-hybridized carbons (Fsp3) is 0.478. The van der Waals surface area contributed by atoms with Crippen LogP contribution in [0.5, 0.6) is 5.75 Å². The number of nitrogens with zero attached hydrogens (tertiary/aromatic N) is 1. The van der Waals surface area contributed by atoms with E-state index in [0.717, 1.165) is 12.8 Å². The van der Waals surface area contributed by atoms with E-state index in [1.54, 1.807) is 6.07 Å². The molecule has 1 aliphatic rings. The van der Waals surface area contributed by atoms with Gasteiger partial charge in [-0.05, 0) is 47.9 Å². The Morgan fingerprint density at radius 2 is 1.83 bits per heavy atom. The van der Waals surface area contributed by atoms with Gasteiger partial charge in [-0.1, -0.05) is 32.9 Å². The van der Waals surface area contributed by atoms with Crippen molar-refractivity contribution >= 4 is 11.8 Å². The second-order valence-corrected chi connectivity index (χ2v) is 8.61. The first-order valence-electron chi connectivity index (χ1n) is 10.1. The average molecular weight is 399 g/mol. The molecule has 156 valence electrons. The number of carbonyl (C=O) groups excluding carboxylic acids is 2. The number of amides is 2. The maximum atomic E-state index is 12.3. The van der Waals surface area contributed by atoms with Crippen LogP contribution in [0.1, 0.15) is 49.5 Å². The number of ether oxygens (including phenoxy) is 1. The van der Waals surface area contributed by atoms with Crippen molar-refractivity contribution in [1.29, 1.82) is 0 Å². The zero-order valence-corrected chi connectivity index (χ0v) is 17.4. The highest BCUT2D eigenvalue weighted by molar-refractivity contribution is 5.93. The minimum Gasteiger partial charge on any atom is -0.484 e. The van der Waals surface area contributed by atoms with E-state index in [4.69, 9.17) is 9.15 Å². The molecule has 0 atom stereocenters. The van der Waals surface area contributed by atoms with Crippen LogP contribution >= 0.6 is 0 Å². The molecule has 1 aliphatic heterocycles. The molecule has 1 saturated heterocycles. The molecule has 0 radical (unpaired) electrons. The number of piperidine rings is 1. The minimum absolute atomic E-state index is 0.00659. The summed E-state index contributed by atoms with van der Waals surface area (Å²) in [4.78, 5) is 26.3. The molecule has 0 unspecified atom stereocenters. The van der Waals surface area contributed by atoms with Crippen LogP contribution in [-0.2, 0) is 10.2 Å². The molecule has 1 aromatic heterocycles. The van der Waals surface area contributed by atoms with E-state index in [-0.39, 0.29) is 23.8 Å². The number of likely N-dealkylation sites (tertiary alicyclic amines) is 1. The van der Waals surface area contributed by atoms with Gasteiger partial charge in [0.05, 0.1) is 11.8 Å². The maximum Gasteiger partial charge on any atom is 0.257 e. The minimum atomic E-state index is -0.123. The third kappa shape index (κ3) is 5.86. The fourth-order valence-corrected chi connectivity index (χ4v) is 3.42.